The topological polar surface area (TPSA) is 52.9 Å². The van der Waals surface area contributed by atoms with Crippen molar-refractivity contribution in [2.75, 3.05) is 0 Å². The molecule has 3 nitrogen and oxygen atoms in total. The standard InChI is InChI=1S/C15H10ClFN2O/c16-13-7-12(4-5-14(13)17)15(20)19-9-11-3-1-2-10(6-11)8-18/h1-7H,9H2,(H,19,20). The highest BCUT2D eigenvalue weighted by atomic mass is 35.5. The van der Waals surface area contributed by atoms with E-state index in [1.54, 1.807) is 24.3 Å². The number of nitrogens with one attached hydrogen (secondary N) is 1. The van der Waals surface area contributed by atoms with Gasteiger partial charge < -0.3 is 5.32 Å². The first-order valence-electron chi connectivity index (χ1n) is 5.82. The van der Waals surface area contributed by atoms with Crippen molar-refractivity contribution in [3.8, 4) is 6.07 Å². The second kappa shape index (κ2) is 6.18. The van der Waals surface area contributed by atoms with E-state index < -0.39 is 5.82 Å². The Labute approximate surface area is 120 Å². The molecule has 0 unspecified atom stereocenters. The van der Waals surface area contributed by atoms with Crippen molar-refractivity contribution in [3.05, 3.63) is 70.0 Å². The zero-order valence-electron chi connectivity index (χ0n) is 10.4. The summed E-state index contributed by atoms with van der Waals surface area (Å²) < 4.78 is 13.0. The molecule has 0 saturated heterocycles. The first kappa shape index (κ1) is 14.0. The molecule has 5 heteroatoms. The molecule has 0 aliphatic heterocycles. The number of halogens is 2. The highest BCUT2D eigenvalue weighted by Gasteiger charge is 2.08. The van der Waals surface area contributed by atoms with Crippen LogP contribution in [0.2, 0.25) is 5.02 Å². The van der Waals surface area contributed by atoms with Crippen LogP contribution in [0.1, 0.15) is 21.5 Å². The van der Waals surface area contributed by atoms with Gasteiger partial charge in [0.1, 0.15) is 5.82 Å². The summed E-state index contributed by atoms with van der Waals surface area (Å²) in [7, 11) is 0. The number of nitriles is 1. The second-order valence-corrected chi connectivity index (χ2v) is 4.53. The van der Waals surface area contributed by atoms with Crippen molar-refractivity contribution in [2.24, 2.45) is 0 Å². The number of hydrogen-bond acceptors (Lipinski definition) is 2. The largest absolute Gasteiger partial charge is 0.348 e. The molecule has 0 saturated carbocycles. The Morgan fingerprint density at radius 1 is 1.30 bits per heavy atom. The van der Waals surface area contributed by atoms with E-state index in [0.717, 1.165) is 11.6 Å². The molecule has 0 atom stereocenters. The van der Waals surface area contributed by atoms with Crippen LogP contribution >= 0.6 is 11.6 Å². The molecular formula is C15H10ClFN2O. The predicted octanol–water partition coefficient (Wildman–Crippen LogP) is 3.28. The normalized spacial score (nSPS) is 9.85. The van der Waals surface area contributed by atoms with Crippen LogP contribution in [0.15, 0.2) is 42.5 Å². The molecule has 20 heavy (non-hydrogen) atoms. The van der Waals surface area contributed by atoms with Gasteiger partial charge in [0.25, 0.3) is 5.91 Å². The van der Waals surface area contributed by atoms with Gasteiger partial charge in [-0.2, -0.15) is 5.26 Å². The Morgan fingerprint density at radius 3 is 2.80 bits per heavy atom. The second-order valence-electron chi connectivity index (χ2n) is 4.12. The summed E-state index contributed by atoms with van der Waals surface area (Å²) in [6.45, 7) is 0.281. The van der Waals surface area contributed by atoms with Gasteiger partial charge in [0.05, 0.1) is 16.7 Å². The van der Waals surface area contributed by atoms with Gasteiger partial charge in [-0.3, -0.25) is 4.79 Å². The lowest BCUT2D eigenvalue weighted by Gasteiger charge is -2.06. The Balaban J connectivity index is 2.05. The zero-order chi connectivity index (χ0) is 14.5. The SMILES string of the molecule is N#Cc1cccc(CNC(=O)c2ccc(F)c(Cl)c2)c1. The fourth-order valence-corrected chi connectivity index (χ4v) is 1.85. The molecule has 0 aliphatic rings. The summed E-state index contributed by atoms with van der Waals surface area (Å²) >= 11 is 5.62. The maximum atomic E-state index is 13.0. The fraction of sp³-hybridized carbons (Fsp3) is 0.0667. The van der Waals surface area contributed by atoms with Crippen molar-refractivity contribution in [1.29, 1.82) is 5.26 Å². The quantitative estimate of drug-likeness (QED) is 0.942. The van der Waals surface area contributed by atoms with Crippen molar-refractivity contribution < 1.29 is 9.18 Å². The zero-order valence-corrected chi connectivity index (χ0v) is 11.1. The Hall–Kier alpha value is -2.38. The minimum atomic E-state index is -0.565. The number of rotatable bonds is 3. The molecule has 2 rings (SSSR count). The molecule has 2 aromatic rings. The molecule has 0 aromatic heterocycles. The summed E-state index contributed by atoms with van der Waals surface area (Å²) in [4.78, 5) is 11.9. The van der Waals surface area contributed by atoms with E-state index in [2.05, 4.69) is 5.32 Å². The number of carbonyl (C=O) groups excluding carboxylic acids is 1. The van der Waals surface area contributed by atoms with Crippen molar-refractivity contribution in [2.45, 2.75) is 6.54 Å². The average molecular weight is 289 g/mol. The third kappa shape index (κ3) is 3.34. The number of nitrogens with zero attached hydrogens (tertiary/aromatic N) is 1. The molecular weight excluding hydrogens is 279 g/mol. The smallest absolute Gasteiger partial charge is 0.251 e. The molecule has 0 spiro atoms. The maximum Gasteiger partial charge on any atom is 0.251 e. The monoisotopic (exact) mass is 288 g/mol. The minimum absolute atomic E-state index is 0.0934. The van der Waals surface area contributed by atoms with Gasteiger partial charge >= 0.3 is 0 Å². The molecule has 1 amide bonds. The van der Waals surface area contributed by atoms with Gasteiger partial charge in [-0.25, -0.2) is 4.39 Å². The van der Waals surface area contributed by atoms with E-state index in [1.165, 1.54) is 12.1 Å². The summed E-state index contributed by atoms with van der Waals surface area (Å²) in [5.41, 5.74) is 1.63. The Bertz CT molecular complexity index is 695. The molecule has 0 aliphatic carbocycles. The third-order valence-corrected chi connectivity index (χ3v) is 2.98. The van der Waals surface area contributed by atoms with E-state index in [1.807, 2.05) is 6.07 Å². The Morgan fingerprint density at radius 2 is 2.10 bits per heavy atom. The lowest BCUT2D eigenvalue weighted by Crippen LogP contribution is -2.22. The molecule has 0 heterocycles. The first-order valence-corrected chi connectivity index (χ1v) is 6.20. The first-order chi connectivity index (χ1) is 9.60. The van der Waals surface area contributed by atoms with Gasteiger partial charge in [-0.1, -0.05) is 23.7 Å². The average Bonchev–Trinajstić information content (AvgIpc) is 2.47. The molecule has 0 fully saturated rings. The lowest BCUT2D eigenvalue weighted by atomic mass is 10.1. The number of hydrogen-bond donors (Lipinski definition) is 1. The van der Waals surface area contributed by atoms with Crippen LogP contribution in [0.25, 0.3) is 0 Å². The van der Waals surface area contributed by atoms with E-state index in [0.29, 0.717) is 5.56 Å². The van der Waals surface area contributed by atoms with Gasteiger partial charge in [-0.15, -0.1) is 0 Å². The maximum absolute atomic E-state index is 13.0. The molecule has 100 valence electrons. The Kier molecular flexibility index (Phi) is 4.34. The summed E-state index contributed by atoms with van der Waals surface area (Å²) in [6.07, 6.45) is 0. The van der Waals surface area contributed by atoms with Gasteiger partial charge in [0.2, 0.25) is 0 Å². The summed E-state index contributed by atoms with van der Waals surface area (Å²) in [5, 5.41) is 11.4. The van der Waals surface area contributed by atoms with Gasteiger partial charge in [0, 0.05) is 12.1 Å². The number of benzene rings is 2. The molecule has 0 bridgehead atoms. The number of amides is 1. The van der Waals surface area contributed by atoms with Gasteiger partial charge in [0.15, 0.2) is 0 Å². The van der Waals surface area contributed by atoms with E-state index in [-0.39, 0.29) is 23.0 Å². The van der Waals surface area contributed by atoms with Crippen LogP contribution in [0.3, 0.4) is 0 Å². The summed E-state index contributed by atoms with van der Waals surface area (Å²) in [6, 6.07) is 12.7. The van der Waals surface area contributed by atoms with Crippen LogP contribution in [0, 0.1) is 17.1 Å². The van der Waals surface area contributed by atoms with E-state index in [9.17, 15) is 9.18 Å². The van der Waals surface area contributed by atoms with Crippen LogP contribution in [-0.2, 0) is 6.54 Å². The summed E-state index contributed by atoms with van der Waals surface area (Å²) in [5.74, 6) is -0.917. The third-order valence-electron chi connectivity index (χ3n) is 2.69. The minimum Gasteiger partial charge on any atom is -0.348 e. The van der Waals surface area contributed by atoms with Crippen LogP contribution in [-0.4, -0.2) is 5.91 Å². The molecule has 1 N–H and O–H groups in total. The van der Waals surface area contributed by atoms with Crippen LogP contribution in [0.4, 0.5) is 4.39 Å². The fourth-order valence-electron chi connectivity index (χ4n) is 1.67. The van der Waals surface area contributed by atoms with Crippen molar-refractivity contribution in [1.82, 2.24) is 5.32 Å². The molecule has 2 aromatic carbocycles. The van der Waals surface area contributed by atoms with E-state index in [4.69, 9.17) is 16.9 Å². The number of carbonyl (C=O) groups is 1. The van der Waals surface area contributed by atoms with Crippen LogP contribution in [0.5, 0.6) is 0 Å². The van der Waals surface area contributed by atoms with Gasteiger partial charge in [-0.05, 0) is 35.9 Å². The highest BCUT2D eigenvalue weighted by Crippen LogP contribution is 2.16. The van der Waals surface area contributed by atoms with E-state index >= 15 is 0 Å². The lowest BCUT2D eigenvalue weighted by molar-refractivity contribution is 0.0951. The van der Waals surface area contributed by atoms with Crippen LogP contribution < -0.4 is 5.32 Å². The van der Waals surface area contributed by atoms with Crippen molar-refractivity contribution >= 4 is 17.5 Å². The molecule has 0 radical (unpaired) electrons. The predicted molar refractivity (Wildman–Crippen MR) is 73.7 cm³/mol. The van der Waals surface area contributed by atoms with Crippen molar-refractivity contribution in [3.63, 3.8) is 0 Å². The highest BCUT2D eigenvalue weighted by molar-refractivity contribution is 6.31.